The summed E-state index contributed by atoms with van der Waals surface area (Å²) in [7, 11) is 0. The lowest BCUT2D eigenvalue weighted by Crippen LogP contribution is -2.15. The molecule has 0 fully saturated rings. The molecular weight excluding hydrogens is 348 g/mol. The summed E-state index contributed by atoms with van der Waals surface area (Å²) in [6, 6.07) is 17.9. The number of hydrogen-bond acceptors (Lipinski definition) is 2. The van der Waals surface area contributed by atoms with Gasteiger partial charge in [-0.3, -0.25) is 4.79 Å². The van der Waals surface area contributed by atoms with Crippen LogP contribution in [0.1, 0.15) is 27.0 Å². The summed E-state index contributed by atoms with van der Waals surface area (Å²) in [5, 5.41) is 7.52. The first-order valence-electron chi connectivity index (χ1n) is 9.19. The second-order valence-electron chi connectivity index (χ2n) is 7.05. The van der Waals surface area contributed by atoms with Gasteiger partial charge in [-0.2, -0.15) is 5.10 Å². The van der Waals surface area contributed by atoms with Crippen molar-refractivity contribution in [2.45, 2.75) is 20.8 Å². The Kier molecular flexibility index (Phi) is 4.57. The van der Waals surface area contributed by atoms with E-state index in [1.165, 1.54) is 5.56 Å². The molecule has 28 heavy (non-hydrogen) atoms. The van der Waals surface area contributed by atoms with Crippen LogP contribution >= 0.6 is 0 Å². The highest BCUT2D eigenvalue weighted by Gasteiger charge is 2.20. The Morgan fingerprint density at radius 1 is 0.893 bits per heavy atom. The van der Waals surface area contributed by atoms with E-state index in [0.29, 0.717) is 11.4 Å². The summed E-state index contributed by atoms with van der Waals surface area (Å²) in [4.78, 5) is 13.1. The highest BCUT2D eigenvalue weighted by Crippen LogP contribution is 2.22. The number of nitrogens with zero attached hydrogens (tertiary/aromatic N) is 3. The zero-order valence-electron chi connectivity index (χ0n) is 16.2. The molecule has 0 aliphatic carbocycles. The number of amides is 1. The number of benzene rings is 2. The lowest BCUT2D eigenvalue weighted by atomic mass is 10.1. The summed E-state index contributed by atoms with van der Waals surface area (Å²) in [5.41, 5.74) is 5.58. The molecule has 2 aromatic heterocycles. The first kappa shape index (κ1) is 17.8. The van der Waals surface area contributed by atoms with Crippen LogP contribution in [0.25, 0.3) is 11.5 Å². The smallest absolute Gasteiger partial charge is 0.261 e. The fraction of sp³-hybridized carbons (Fsp3) is 0.130. The summed E-state index contributed by atoms with van der Waals surface area (Å²) < 4.78 is 3.69. The number of carbonyl (C=O) groups is 1. The Morgan fingerprint density at radius 3 is 2.18 bits per heavy atom. The van der Waals surface area contributed by atoms with Gasteiger partial charge in [0.25, 0.3) is 5.91 Å². The fourth-order valence-electron chi connectivity index (χ4n) is 3.35. The van der Waals surface area contributed by atoms with E-state index in [4.69, 9.17) is 0 Å². The third-order valence-corrected chi connectivity index (χ3v) is 4.60. The van der Waals surface area contributed by atoms with Crippen molar-refractivity contribution in [2.75, 3.05) is 5.32 Å². The standard InChI is InChI=1S/C23H22N4O/c1-16-6-8-20(9-7-16)27-23(26-10-4-5-11-26)21(15-24-27)22(28)25-19-13-17(2)12-18(3)14-19/h4-15H,1-3H3,(H,25,28). The third kappa shape index (κ3) is 3.47. The van der Waals surface area contributed by atoms with E-state index in [1.54, 1.807) is 10.9 Å². The van der Waals surface area contributed by atoms with Crippen molar-refractivity contribution in [1.29, 1.82) is 0 Å². The van der Waals surface area contributed by atoms with Crippen molar-refractivity contribution < 1.29 is 4.79 Å². The Balaban J connectivity index is 1.76. The lowest BCUT2D eigenvalue weighted by Gasteiger charge is -2.12. The van der Waals surface area contributed by atoms with Gasteiger partial charge in [-0.05, 0) is 68.3 Å². The van der Waals surface area contributed by atoms with Gasteiger partial charge < -0.3 is 9.88 Å². The van der Waals surface area contributed by atoms with Crippen LogP contribution in [0.5, 0.6) is 0 Å². The van der Waals surface area contributed by atoms with E-state index in [1.807, 2.05) is 86.3 Å². The number of aryl methyl sites for hydroxylation is 3. The largest absolute Gasteiger partial charge is 0.322 e. The quantitative estimate of drug-likeness (QED) is 0.559. The van der Waals surface area contributed by atoms with Crippen LogP contribution in [-0.4, -0.2) is 20.3 Å². The van der Waals surface area contributed by atoms with Gasteiger partial charge in [0.2, 0.25) is 0 Å². The van der Waals surface area contributed by atoms with Gasteiger partial charge in [-0.25, -0.2) is 4.68 Å². The zero-order valence-corrected chi connectivity index (χ0v) is 16.2. The van der Waals surface area contributed by atoms with Gasteiger partial charge in [-0.15, -0.1) is 0 Å². The normalized spacial score (nSPS) is 10.8. The van der Waals surface area contributed by atoms with Crippen LogP contribution in [0, 0.1) is 20.8 Å². The number of anilines is 1. The molecule has 0 aliphatic rings. The van der Waals surface area contributed by atoms with Crippen molar-refractivity contribution in [3.05, 3.63) is 95.4 Å². The van der Waals surface area contributed by atoms with Crippen LogP contribution in [0.4, 0.5) is 5.69 Å². The molecule has 4 rings (SSSR count). The SMILES string of the molecule is Cc1ccc(-n2ncc(C(=O)Nc3cc(C)cc(C)c3)c2-n2cccc2)cc1. The van der Waals surface area contributed by atoms with E-state index in [-0.39, 0.29) is 5.91 Å². The molecule has 1 amide bonds. The Hall–Kier alpha value is -3.60. The molecule has 4 aromatic rings. The highest BCUT2D eigenvalue weighted by atomic mass is 16.1. The summed E-state index contributed by atoms with van der Waals surface area (Å²) in [6.45, 7) is 6.08. The summed E-state index contributed by atoms with van der Waals surface area (Å²) >= 11 is 0. The van der Waals surface area contributed by atoms with Crippen LogP contribution in [-0.2, 0) is 0 Å². The zero-order chi connectivity index (χ0) is 19.7. The molecular formula is C23H22N4O. The number of carbonyl (C=O) groups excluding carboxylic acids is 1. The van der Waals surface area contributed by atoms with Gasteiger partial charge in [0.1, 0.15) is 5.56 Å². The molecule has 0 aliphatic heterocycles. The van der Waals surface area contributed by atoms with Gasteiger partial charge in [-0.1, -0.05) is 23.8 Å². The van der Waals surface area contributed by atoms with Crippen LogP contribution < -0.4 is 5.32 Å². The van der Waals surface area contributed by atoms with Crippen molar-refractivity contribution in [1.82, 2.24) is 14.3 Å². The molecule has 0 unspecified atom stereocenters. The Labute approximate surface area is 164 Å². The van der Waals surface area contributed by atoms with E-state index in [0.717, 1.165) is 22.5 Å². The number of aromatic nitrogens is 3. The second kappa shape index (κ2) is 7.19. The predicted octanol–water partition coefficient (Wildman–Crippen LogP) is 4.84. The molecule has 0 saturated heterocycles. The molecule has 1 N–H and O–H groups in total. The first-order chi connectivity index (χ1) is 13.5. The molecule has 0 atom stereocenters. The Morgan fingerprint density at radius 2 is 1.54 bits per heavy atom. The minimum absolute atomic E-state index is 0.188. The van der Waals surface area contributed by atoms with Crippen molar-refractivity contribution in [3.63, 3.8) is 0 Å². The molecule has 5 heteroatoms. The fourth-order valence-corrected chi connectivity index (χ4v) is 3.35. The molecule has 0 bridgehead atoms. The van der Waals surface area contributed by atoms with Gasteiger partial charge in [0.05, 0.1) is 11.9 Å². The van der Waals surface area contributed by atoms with Crippen molar-refractivity contribution in [2.24, 2.45) is 0 Å². The van der Waals surface area contributed by atoms with Gasteiger partial charge in [0.15, 0.2) is 5.82 Å². The van der Waals surface area contributed by atoms with Crippen molar-refractivity contribution >= 4 is 11.6 Å². The Bertz CT molecular complexity index is 1100. The van der Waals surface area contributed by atoms with Crippen LogP contribution in [0.3, 0.4) is 0 Å². The molecule has 0 spiro atoms. The minimum Gasteiger partial charge on any atom is -0.322 e. The second-order valence-corrected chi connectivity index (χ2v) is 7.05. The lowest BCUT2D eigenvalue weighted by molar-refractivity contribution is 0.102. The maximum Gasteiger partial charge on any atom is 0.261 e. The molecule has 0 radical (unpaired) electrons. The average Bonchev–Trinajstić information content (AvgIpc) is 3.31. The van der Waals surface area contributed by atoms with E-state index in [9.17, 15) is 4.79 Å². The number of rotatable bonds is 4. The van der Waals surface area contributed by atoms with Crippen LogP contribution in [0.2, 0.25) is 0 Å². The maximum atomic E-state index is 13.1. The van der Waals surface area contributed by atoms with Gasteiger partial charge in [0, 0.05) is 18.1 Å². The molecule has 2 aromatic carbocycles. The molecule has 0 saturated carbocycles. The van der Waals surface area contributed by atoms with Crippen molar-refractivity contribution in [3.8, 4) is 11.5 Å². The topological polar surface area (TPSA) is 51.9 Å². The highest BCUT2D eigenvalue weighted by molar-refractivity contribution is 6.06. The minimum atomic E-state index is -0.188. The summed E-state index contributed by atoms with van der Waals surface area (Å²) in [5.74, 6) is 0.516. The molecule has 2 heterocycles. The number of hydrogen-bond donors (Lipinski definition) is 1. The monoisotopic (exact) mass is 370 g/mol. The average molecular weight is 370 g/mol. The predicted molar refractivity (Wildman–Crippen MR) is 111 cm³/mol. The summed E-state index contributed by atoms with van der Waals surface area (Å²) in [6.07, 6.45) is 5.44. The van der Waals surface area contributed by atoms with E-state index >= 15 is 0 Å². The molecule has 5 nitrogen and oxygen atoms in total. The first-order valence-corrected chi connectivity index (χ1v) is 9.19. The van der Waals surface area contributed by atoms with Crippen LogP contribution in [0.15, 0.2) is 73.2 Å². The third-order valence-electron chi connectivity index (χ3n) is 4.60. The van der Waals surface area contributed by atoms with E-state index in [2.05, 4.69) is 16.5 Å². The number of nitrogens with one attached hydrogen (secondary N) is 1. The maximum absolute atomic E-state index is 13.1. The van der Waals surface area contributed by atoms with E-state index < -0.39 is 0 Å². The van der Waals surface area contributed by atoms with Gasteiger partial charge >= 0.3 is 0 Å². The molecule has 140 valence electrons.